The smallest absolute Gasteiger partial charge is 0.303 e. The summed E-state index contributed by atoms with van der Waals surface area (Å²) in [6.07, 6.45) is -6.34. The van der Waals surface area contributed by atoms with E-state index in [0.29, 0.717) is 0 Å². The lowest BCUT2D eigenvalue weighted by Crippen LogP contribution is -2.52. The summed E-state index contributed by atoms with van der Waals surface area (Å²) in [5.74, 6) is -0.782. The van der Waals surface area contributed by atoms with E-state index in [1.165, 1.54) is 0 Å². The number of alkyl halides is 1. The number of aldehydes is 1. The fourth-order valence-electron chi connectivity index (χ4n) is 2.38. The van der Waals surface area contributed by atoms with Gasteiger partial charge in [0.2, 0.25) is 0 Å². The van der Waals surface area contributed by atoms with Gasteiger partial charge in [-0.2, -0.15) is 0 Å². The molecule has 6 nitrogen and oxygen atoms in total. The number of aliphatic hydroxyl groups is 1. The molecule has 0 unspecified atom stereocenters. The maximum atomic E-state index is 15.2. The number of benzene rings is 1. The highest BCUT2D eigenvalue weighted by atomic mass is 28.4. The van der Waals surface area contributed by atoms with Crippen LogP contribution in [0.1, 0.15) is 33.3 Å². The number of carbonyl (C=O) groups is 2. The van der Waals surface area contributed by atoms with Gasteiger partial charge in [0, 0.05) is 6.92 Å². The number of hydrogen-bond donors (Lipinski definition) is 1. The lowest BCUT2D eigenvalue weighted by molar-refractivity contribution is -0.161. The standard InChI is InChI=1S/C21H33FO6Si/c1-15(24)27-17(12-23)20(25)19(22)18(28-29(5,6)21(2,3)4)14-26-13-16-10-8-7-9-11-16/h7-12,17-20,25H,13-14H2,1-6H3/t17-,18+,19-,20+/m0/s1. The molecule has 0 amide bonds. The minimum absolute atomic E-state index is 0.120. The monoisotopic (exact) mass is 428 g/mol. The summed E-state index contributed by atoms with van der Waals surface area (Å²) in [5.41, 5.74) is 0.917. The van der Waals surface area contributed by atoms with Crippen LogP contribution in [0.4, 0.5) is 4.39 Å². The van der Waals surface area contributed by atoms with E-state index in [4.69, 9.17) is 13.9 Å². The number of aliphatic hydroxyl groups excluding tert-OH is 1. The van der Waals surface area contributed by atoms with E-state index in [9.17, 15) is 14.7 Å². The van der Waals surface area contributed by atoms with E-state index < -0.39 is 38.8 Å². The van der Waals surface area contributed by atoms with Crippen LogP contribution in [0.3, 0.4) is 0 Å². The van der Waals surface area contributed by atoms with Crippen molar-refractivity contribution in [2.45, 2.75) is 76.9 Å². The third-order valence-corrected chi connectivity index (χ3v) is 9.60. The molecule has 0 spiro atoms. The van der Waals surface area contributed by atoms with Crippen LogP contribution in [-0.4, -0.2) is 56.8 Å². The Morgan fingerprint density at radius 3 is 2.31 bits per heavy atom. The molecule has 1 aromatic carbocycles. The first-order chi connectivity index (χ1) is 13.4. The van der Waals surface area contributed by atoms with E-state index >= 15 is 4.39 Å². The molecule has 164 valence electrons. The predicted octanol–water partition coefficient (Wildman–Crippen LogP) is 3.42. The summed E-state index contributed by atoms with van der Waals surface area (Å²) in [6, 6.07) is 9.40. The highest BCUT2D eigenvalue weighted by Gasteiger charge is 2.44. The number of rotatable bonds is 11. The van der Waals surface area contributed by atoms with Crippen molar-refractivity contribution in [3.8, 4) is 0 Å². The van der Waals surface area contributed by atoms with Gasteiger partial charge in [0.15, 0.2) is 26.9 Å². The zero-order valence-corrected chi connectivity index (χ0v) is 19.1. The van der Waals surface area contributed by atoms with Gasteiger partial charge in [0.25, 0.3) is 0 Å². The molecule has 0 aliphatic carbocycles. The van der Waals surface area contributed by atoms with E-state index in [2.05, 4.69) is 0 Å². The lowest BCUT2D eigenvalue weighted by Gasteiger charge is -2.40. The summed E-state index contributed by atoms with van der Waals surface area (Å²) in [6.45, 7) is 11.2. The quantitative estimate of drug-likeness (QED) is 0.330. The highest BCUT2D eigenvalue weighted by molar-refractivity contribution is 6.74. The van der Waals surface area contributed by atoms with Gasteiger partial charge in [0.1, 0.15) is 12.2 Å². The molecule has 0 aliphatic rings. The molecular formula is C21H33FO6Si. The number of halogens is 1. The molecule has 0 saturated carbocycles. The Hall–Kier alpha value is -1.61. The Bertz CT molecular complexity index is 646. The maximum Gasteiger partial charge on any atom is 0.303 e. The molecule has 4 atom stereocenters. The van der Waals surface area contributed by atoms with Crippen molar-refractivity contribution in [1.29, 1.82) is 0 Å². The molecule has 0 aliphatic heterocycles. The second kappa shape index (κ2) is 11.0. The largest absolute Gasteiger partial charge is 0.452 e. The molecule has 1 N–H and O–H groups in total. The third kappa shape index (κ3) is 7.97. The van der Waals surface area contributed by atoms with Gasteiger partial charge >= 0.3 is 5.97 Å². The first kappa shape index (κ1) is 25.4. The van der Waals surface area contributed by atoms with Crippen LogP contribution in [0, 0.1) is 0 Å². The molecule has 0 heterocycles. The summed E-state index contributed by atoms with van der Waals surface area (Å²) in [5, 5.41) is 10.1. The second-order valence-electron chi connectivity index (χ2n) is 8.56. The molecule has 1 aromatic rings. The fourth-order valence-corrected chi connectivity index (χ4v) is 3.69. The van der Waals surface area contributed by atoms with Crippen molar-refractivity contribution in [2.24, 2.45) is 0 Å². The molecule has 1 rings (SSSR count). The molecule has 29 heavy (non-hydrogen) atoms. The maximum absolute atomic E-state index is 15.2. The minimum Gasteiger partial charge on any atom is -0.452 e. The van der Waals surface area contributed by atoms with Crippen LogP contribution in [-0.2, 0) is 30.1 Å². The highest BCUT2D eigenvalue weighted by Crippen LogP contribution is 2.38. The van der Waals surface area contributed by atoms with Crippen LogP contribution < -0.4 is 0 Å². The second-order valence-corrected chi connectivity index (χ2v) is 13.3. The molecule has 0 aromatic heterocycles. The zero-order valence-electron chi connectivity index (χ0n) is 18.1. The SMILES string of the molecule is CC(=O)O[C@@H](C=O)[C@@H](O)[C@@H](F)[C@@H](COCc1ccccc1)O[Si](C)(C)C(C)(C)C. The Balaban J connectivity index is 2.94. The normalized spacial score (nSPS) is 16.6. The topological polar surface area (TPSA) is 82.1 Å². The van der Waals surface area contributed by atoms with E-state index in [1.807, 2.05) is 64.2 Å². The Morgan fingerprint density at radius 1 is 1.24 bits per heavy atom. The van der Waals surface area contributed by atoms with E-state index in [0.717, 1.165) is 12.5 Å². The van der Waals surface area contributed by atoms with Gasteiger partial charge in [-0.05, 0) is 23.7 Å². The van der Waals surface area contributed by atoms with Gasteiger partial charge in [-0.15, -0.1) is 0 Å². The van der Waals surface area contributed by atoms with Gasteiger partial charge in [-0.1, -0.05) is 51.1 Å². The average molecular weight is 429 g/mol. The van der Waals surface area contributed by atoms with Crippen molar-refractivity contribution in [1.82, 2.24) is 0 Å². The first-order valence-corrected chi connectivity index (χ1v) is 12.5. The predicted molar refractivity (Wildman–Crippen MR) is 111 cm³/mol. The van der Waals surface area contributed by atoms with Crippen molar-refractivity contribution >= 4 is 20.6 Å². The van der Waals surface area contributed by atoms with E-state index in [1.54, 1.807) is 0 Å². The van der Waals surface area contributed by atoms with E-state index in [-0.39, 0.29) is 24.5 Å². The van der Waals surface area contributed by atoms with Gasteiger partial charge in [-0.3, -0.25) is 9.59 Å². The summed E-state index contributed by atoms with van der Waals surface area (Å²) in [4.78, 5) is 22.3. The van der Waals surface area contributed by atoms with Crippen LogP contribution in [0.25, 0.3) is 0 Å². The van der Waals surface area contributed by atoms with Gasteiger partial charge < -0.3 is 19.0 Å². The number of ether oxygens (including phenoxy) is 2. The summed E-state index contributed by atoms with van der Waals surface area (Å²) in [7, 11) is -2.41. The van der Waals surface area contributed by atoms with Crippen molar-refractivity contribution in [2.75, 3.05) is 6.61 Å². The Labute approximate surface area is 173 Å². The number of esters is 1. The number of carbonyl (C=O) groups excluding carboxylic acids is 2. The average Bonchev–Trinajstić information content (AvgIpc) is 2.63. The van der Waals surface area contributed by atoms with Crippen LogP contribution >= 0.6 is 0 Å². The van der Waals surface area contributed by atoms with Crippen molar-refractivity contribution in [3.63, 3.8) is 0 Å². The number of hydrogen-bond acceptors (Lipinski definition) is 6. The van der Waals surface area contributed by atoms with Crippen LogP contribution in [0.5, 0.6) is 0 Å². The lowest BCUT2D eigenvalue weighted by atomic mass is 10.1. The molecule has 0 radical (unpaired) electrons. The van der Waals surface area contributed by atoms with Gasteiger partial charge in [0.05, 0.1) is 13.2 Å². The van der Waals surface area contributed by atoms with Crippen LogP contribution in [0.2, 0.25) is 18.1 Å². The summed E-state index contributed by atoms with van der Waals surface area (Å²) >= 11 is 0. The molecule has 0 fully saturated rings. The molecule has 8 heteroatoms. The molecule has 0 bridgehead atoms. The summed E-state index contributed by atoms with van der Waals surface area (Å²) < 4.78 is 31.7. The molecular weight excluding hydrogens is 395 g/mol. The Kier molecular flexibility index (Phi) is 9.61. The fraction of sp³-hybridized carbons (Fsp3) is 0.619. The first-order valence-electron chi connectivity index (χ1n) is 9.63. The van der Waals surface area contributed by atoms with Gasteiger partial charge in [-0.25, -0.2) is 4.39 Å². The van der Waals surface area contributed by atoms with Crippen molar-refractivity contribution in [3.05, 3.63) is 35.9 Å². The van der Waals surface area contributed by atoms with Crippen molar-refractivity contribution < 1.29 is 33.0 Å². The van der Waals surface area contributed by atoms with Crippen LogP contribution in [0.15, 0.2) is 30.3 Å². The molecule has 0 saturated heterocycles. The minimum atomic E-state index is -2.41. The Morgan fingerprint density at radius 2 is 1.83 bits per heavy atom. The zero-order chi connectivity index (χ0) is 22.2. The third-order valence-electron chi connectivity index (χ3n) is 5.10.